The first-order valence-corrected chi connectivity index (χ1v) is 11.1. The van der Waals surface area contributed by atoms with Crippen LogP contribution in [-0.4, -0.2) is 38.1 Å². The number of benzene rings is 3. The third-order valence-corrected chi connectivity index (χ3v) is 6.11. The molecule has 1 atom stereocenters. The maximum absolute atomic E-state index is 13.4. The zero-order valence-corrected chi connectivity index (χ0v) is 19.0. The van der Waals surface area contributed by atoms with Crippen LogP contribution in [0.5, 0.6) is 11.5 Å². The molecule has 1 heterocycles. The Morgan fingerprint density at radius 1 is 1.00 bits per heavy atom. The van der Waals surface area contributed by atoms with Crippen molar-refractivity contribution in [3.05, 3.63) is 94.8 Å². The Balaban J connectivity index is 1.57. The molecule has 3 aromatic rings. The van der Waals surface area contributed by atoms with Crippen molar-refractivity contribution in [2.45, 2.75) is 25.4 Å². The van der Waals surface area contributed by atoms with Gasteiger partial charge < -0.3 is 14.8 Å². The minimum Gasteiger partial charge on any atom is -0.493 e. The van der Waals surface area contributed by atoms with Crippen molar-refractivity contribution in [3.63, 3.8) is 0 Å². The normalized spacial score (nSPS) is 15.5. The van der Waals surface area contributed by atoms with Crippen molar-refractivity contribution in [1.29, 1.82) is 0 Å². The molecule has 0 radical (unpaired) electrons. The molecule has 172 valence electrons. The summed E-state index contributed by atoms with van der Waals surface area (Å²) in [4.78, 5) is 15.0. The van der Waals surface area contributed by atoms with Gasteiger partial charge in [-0.25, -0.2) is 4.39 Å². The molecule has 1 N–H and O–H groups in total. The first-order chi connectivity index (χ1) is 16.1. The highest BCUT2D eigenvalue weighted by atomic mass is 19.1. The van der Waals surface area contributed by atoms with Crippen LogP contribution in [0.25, 0.3) is 0 Å². The summed E-state index contributed by atoms with van der Waals surface area (Å²) in [5.41, 5.74) is 4.31. The Hall–Kier alpha value is -3.38. The maximum atomic E-state index is 13.4. The van der Waals surface area contributed by atoms with Gasteiger partial charge in [0.15, 0.2) is 11.5 Å². The fourth-order valence-electron chi connectivity index (χ4n) is 4.39. The summed E-state index contributed by atoms with van der Waals surface area (Å²) in [5, 5.41) is 3.12. The lowest BCUT2D eigenvalue weighted by Gasteiger charge is -2.38. The van der Waals surface area contributed by atoms with Crippen LogP contribution < -0.4 is 14.8 Å². The van der Waals surface area contributed by atoms with Crippen molar-refractivity contribution < 1.29 is 18.7 Å². The third-order valence-electron chi connectivity index (χ3n) is 6.11. The number of hydrogen-bond donors (Lipinski definition) is 1. The standard InChI is InChI=1S/C27H29FN2O3/c1-32-25-15-21-12-13-30(18-20-8-10-22(28)11-9-20)24(23(21)16-26(25)33-2)17-29-27(31)14-19-6-4-3-5-7-19/h3-11,15-16,24H,12-14,17-18H2,1-2H3,(H,29,31). The molecule has 4 rings (SSSR count). The van der Waals surface area contributed by atoms with E-state index in [1.807, 2.05) is 54.6 Å². The summed E-state index contributed by atoms with van der Waals surface area (Å²) in [6.45, 7) is 1.95. The van der Waals surface area contributed by atoms with E-state index in [2.05, 4.69) is 10.2 Å². The van der Waals surface area contributed by atoms with E-state index in [0.717, 1.165) is 29.7 Å². The lowest BCUT2D eigenvalue weighted by molar-refractivity contribution is -0.120. The van der Waals surface area contributed by atoms with Gasteiger partial charge in [-0.1, -0.05) is 42.5 Å². The number of fused-ring (bicyclic) bond motifs is 1. The van der Waals surface area contributed by atoms with Gasteiger partial charge in [0.25, 0.3) is 0 Å². The first kappa shape index (κ1) is 22.8. The topological polar surface area (TPSA) is 50.8 Å². The lowest BCUT2D eigenvalue weighted by Crippen LogP contribution is -2.42. The fourth-order valence-corrected chi connectivity index (χ4v) is 4.39. The second-order valence-electron chi connectivity index (χ2n) is 8.24. The minimum absolute atomic E-state index is 0.0180. The van der Waals surface area contributed by atoms with Crippen molar-refractivity contribution in [1.82, 2.24) is 10.2 Å². The summed E-state index contributed by atoms with van der Waals surface area (Å²) in [7, 11) is 3.26. The van der Waals surface area contributed by atoms with E-state index < -0.39 is 0 Å². The van der Waals surface area contributed by atoms with Crippen LogP contribution in [0.4, 0.5) is 4.39 Å². The van der Waals surface area contributed by atoms with Crippen LogP contribution in [-0.2, 0) is 24.2 Å². The Morgan fingerprint density at radius 3 is 2.39 bits per heavy atom. The molecule has 0 saturated carbocycles. The summed E-state index contributed by atoms with van der Waals surface area (Å²) < 4.78 is 24.4. The van der Waals surface area contributed by atoms with Crippen LogP contribution >= 0.6 is 0 Å². The van der Waals surface area contributed by atoms with Gasteiger partial charge in [-0.3, -0.25) is 9.69 Å². The number of rotatable bonds is 8. The molecule has 0 saturated heterocycles. The van der Waals surface area contributed by atoms with E-state index in [4.69, 9.17) is 9.47 Å². The van der Waals surface area contributed by atoms with Gasteiger partial charge in [-0.05, 0) is 52.9 Å². The lowest BCUT2D eigenvalue weighted by atomic mass is 9.91. The molecule has 1 aliphatic rings. The molecule has 1 unspecified atom stereocenters. The average Bonchev–Trinajstić information content (AvgIpc) is 2.84. The molecule has 0 aliphatic carbocycles. The van der Waals surface area contributed by atoms with Crippen LogP contribution in [0.2, 0.25) is 0 Å². The molecule has 1 aliphatic heterocycles. The number of hydrogen-bond acceptors (Lipinski definition) is 4. The molecule has 1 amide bonds. The van der Waals surface area contributed by atoms with Gasteiger partial charge in [0.2, 0.25) is 5.91 Å². The van der Waals surface area contributed by atoms with Gasteiger partial charge in [0.05, 0.1) is 26.7 Å². The van der Waals surface area contributed by atoms with E-state index in [1.165, 1.54) is 17.7 Å². The van der Waals surface area contributed by atoms with Gasteiger partial charge in [0, 0.05) is 19.6 Å². The average molecular weight is 449 g/mol. The van der Waals surface area contributed by atoms with Gasteiger partial charge in [0.1, 0.15) is 5.82 Å². The number of carbonyl (C=O) groups excluding carboxylic acids is 1. The first-order valence-electron chi connectivity index (χ1n) is 11.1. The van der Waals surface area contributed by atoms with E-state index >= 15 is 0 Å². The highest BCUT2D eigenvalue weighted by Crippen LogP contribution is 2.38. The van der Waals surface area contributed by atoms with Crippen molar-refractivity contribution in [2.24, 2.45) is 0 Å². The van der Waals surface area contributed by atoms with E-state index in [0.29, 0.717) is 31.0 Å². The van der Waals surface area contributed by atoms with Gasteiger partial charge in [-0.2, -0.15) is 0 Å². The summed E-state index contributed by atoms with van der Waals surface area (Å²) in [5.74, 6) is 1.11. The zero-order chi connectivity index (χ0) is 23.2. The Kier molecular flexibility index (Phi) is 7.25. The van der Waals surface area contributed by atoms with Crippen molar-refractivity contribution in [2.75, 3.05) is 27.3 Å². The zero-order valence-electron chi connectivity index (χ0n) is 19.0. The predicted molar refractivity (Wildman–Crippen MR) is 126 cm³/mol. The Labute approximate surface area is 194 Å². The van der Waals surface area contributed by atoms with Gasteiger partial charge in [-0.15, -0.1) is 0 Å². The molecular formula is C27H29FN2O3. The second kappa shape index (κ2) is 10.5. The fraction of sp³-hybridized carbons (Fsp3) is 0.296. The highest BCUT2D eigenvalue weighted by Gasteiger charge is 2.29. The van der Waals surface area contributed by atoms with E-state index in [1.54, 1.807) is 14.2 Å². The molecule has 0 fully saturated rings. The number of ether oxygens (including phenoxy) is 2. The molecule has 0 aromatic heterocycles. The quantitative estimate of drug-likeness (QED) is 0.558. The highest BCUT2D eigenvalue weighted by molar-refractivity contribution is 5.78. The molecule has 5 nitrogen and oxygen atoms in total. The van der Waals surface area contributed by atoms with E-state index in [-0.39, 0.29) is 17.8 Å². The number of nitrogens with one attached hydrogen (secondary N) is 1. The van der Waals surface area contributed by atoms with Crippen LogP contribution in [0.1, 0.15) is 28.3 Å². The van der Waals surface area contributed by atoms with Crippen molar-refractivity contribution >= 4 is 5.91 Å². The Morgan fingerprint density at radius 2 is 1.70 bits per heavy atom. The monoisotopic (exact) mass is 448 g/mol. The molecule has 3 aromatic carbocycles. The Bertz CT molecular complexity index is 1090. The number of nitrogens with zero attached hydrogens (tertiary/aromatic N) is 1. The molecular weight excluding hydrogens is 419 g/mol. The summed E-state index contributed by atoms with van der Waals surface area (Å²) in [6, 6.07) is 20.3. The predicted octanol–water partition coefficient (Wildman–Crippen LogP) is 4.30. The van der Waals surface area contributed by atoms with Crippen LogP contribution in [0.3, 0.4) is 0 Å². The molecule has 33 heavy (non-hydrogen) atoms. The summed E-state index contributed by atoms with van der Waals surface area (Å²) in [6.07, 6.45) is 1.19. The number of carbonyl (C=O) groups is 1. The minimum atomic E-state index is -0.246. The largest absolute Gasteiger partial charge is 0.493 e. The van der Waals surface area contributed by atoms with E-state index in [9.17, 15) is 9.18 Å². The molecule has 0 spiro atoms. The number of halogens is 1. The SMILES string of the molecule is COc1cc2c(cc1OC)C(CNC(=O)Cc1ccccc1)N(Cc1ccc(F)cc1)CC2. The van der Waals surface area contributed by atoms with Crippen LogP contribution in [0.15, 0.2) is 66.7 Å². The number of amides is 1. The maximum Gasteiger partial charge on any atom is 0.224 e. The summed E-state index contributed by atoms with van der Waals surface area (Å²) >= 11 is 0. The molecule has 6 heteroatoms. The van der Waals surface area contributed by atoms with Gasteiger partial charge >= 0.3 is 0 Å². The second-order valence-corrected chi connectivity index (χ2v) is 8.24. The smallest absolute Gasteiger partial charge is 0.224 e. The number of methoxy groups -OCH3 is 2. The third kappa shape index (κ3) is 5.52. The van der Waals surface area contributed by atoms with Crippen molar-refractivity contribution in [3.8, 4) is 11.5 Å². The van der Waals surface area contributed by atoms with Crippen LogP contribution in [0, 0.1) is 5.82 Å². The molecule has 0 bridgehead atoms.